The molecule has 4 rings (SSSR count). The number of H-pyrrole nitrogens is 1. The molecule has 6 heteroatoms. The summed E-state index contributed by atoms with van der Waals surface area (Å²) in [5, 5.41) is 1.88. The van der Waals surface area contributed by atoms with E-state index in [-0.39, 0.29) is 18.0 Å². The number of benzene rings is 1. The van der Waals surface area contributed by atoms with Crippen LogP contribution < -0.4 is 0 Å². The molecule has 1 amide bonds. The van der Waals surface area contributed by atoms with E-state index in [0.717, 1.165) is 11.9 Å². The van der Waals surface area contributed by atoms with E-state index < -0.39 is 0 Å². The highest BCUT2D eigenvalue weighted by atomic mass is 32.1. The minimum atomic E-state index is -0.179. The fraction of sp³-hybridized carbons (Fsp3) is 0.474. The van der Waals surface area contributed by atoms with E-state index in [0.29, 0.717) is 31.3 Å². The Kier molecular flexibility index (Phi) is 4.25. The quantitative estimate of drug-likeness (QED) is 0.660. The van der Waals surface area contributed by atoms with Gasteiger partial charge < -0.3 is 14.6 Å². The van der Waals surface area contributed by atoms with Crippen LogP contribution in [0.1, 0.15) is 37.6 Å². The number of para-hydroxylation sites is 1. The Bertz CT molecular complexity index is 831. The number of nitrogens with zero attached hydrogens (tertiary/aromatic N) is 2. The van der Waals surface area contributed by atoms with Crippen molar-refractivity contribution in [1.82, 2.24) is 14.8 Å². The molecule has 0 radical (unpaired) electrons. The second-order valence-electron chi connectivity index (χ2n) is 6.69. The third-order valence-electron chi connectivity index (χ3n) is 5.29. The van der Waals surface area contributed by atoms with E-state index in [1.54, 1.807) is 4.90 Å². The lowest BCUT2D eigenvalue weighted by Gasteiger charge is -2.35. The van der Waals surface area contributed by atoms with E-state index in [2.05, 4.69) is 35.0 Å². The molecule has 0 aliphatic carbocycles. The fourth-order valence-corrected chi connectivity index (χ4v) is 4.56. The Balaban J connectivity index is 1.62. The van der Waals surface area contributed by atoms with Gasteiger partial charge in [0.25, 0.3) is 5.91 Å². The molecule has 5 nitrogen and oxygen atoms in total. The van der Waals surface area contributed by atoms with Crippen LogP contribution in [0.3, 0.4) is 0 Å². The smallest absolute Gasteiger partial charge is 0.251 e. The summed E-state index contributed by atoms with van der Waals surface area (Å²) in [5.41, 5.74) is 3.58. The molecule has 2 unspecified atom stereocenters. The number of hydrogen-bond acceptors (Lipinski definition) is 3. The van der Waals surface area contributed by atoms with Gasteiger partial charge in [-0.2, -0.15) is 0 Å². The lowest BCUT2D eigenvalue weighted by Crippen LogP contribution is -2.42. The minimum Gasteiger partial charge on any atom is -0.382 e. The molecule has 132 valence electrons. The molecule has 2 aliphatic heterocycles. The van der Waals surface area contributed by atoms with Gasteiger partial charge in [0.15, 0.2) is 5.11 Å². The van der Waals surface area contributed by atoms with E-state index in [1.165, 1.54) is 16.6 Å². The van der Waals surface area contributed by atoms with Crippen molar-refractivity contribution in [3.05, 3.63) is 35.5 Å². The SMILES string of the molecule is CCOCCCN1C(=O)C2Cc3c([nH]c4ccccc34)C(C)N2C1=S. The Labute approximate surface area is 152 Å². The molecule has 2 aliphatic rings. The zero-order valence-electron chi connectivity index (χ0n) is 14.6. The summed E-state index contributed by atoms with van der Waals surface area (Å²) < 4.78 is 5.39. The lowest BCUT2D eigenvalue weighted by molar-refractivity contribution is -0.128. The molecule has 1 aromatic carbocycles. The third kappa shape index (κ3) is 2.55. The normalized spacial score (nSPS) is 22.6. The second kappa shape index (κ2) is 6.42. The van der Waals surface area contributed by atoms with Crippen LogP contribution in [0.15, 0.2) is 24.3 Å². The molecule has 0 spiro atoms. The summed E-state index contributed by atoms with van der Waals surface area (Å²) in [6, 6.07) is 8.20. The zero-order chi connectivity index (χ0) is 17.6. The van der Waals surface area contributed by atoms with Crippen molar-refractivity contribution in [1.29, 1.82) is 0 Å². The van der Waals surface area contributed by atoms with Crippen LogP contribution in [-0.4, -0.2) is 51.6 Å². The summed E-state index contributed by atoms with van der Waals surface area (Å²) in [4.78, 5) is 20.4. The van der Waals surface area contributed by atoms with Crippen molar-refractivity contribution in [3.63, 3.8) is 0 Å². The van der Waals surface area contributed by atoms with Gasteiger partial charge in [0.1, 0.15) is 6.04 Å². The molecule has 2 atom stereocenters. The van der Waals surface area contributed by atoms with Crippen molar-refractivity contribution in [2.24, 2.45) is 0 Å². The van der Waals surface area contributed by atoms with Crippen molar-refractivity contribution < 1.29 is 9.53 Å². The van der Waals surface area contributed by atoms with Crippen LogP contribution in [0, 0.1) is 0 Å². The first-order chi connectivity index (χ1) is 12.1. The number of fused-ring (bicyclic) bond motifs is 4. The Hall–Kier alpha value is -1.92. The topological polar surface area (TPSA) is 48.6 Å². The van der Waals surface area contributed by atoms with Gasteiger partial charge in [-0.25, -0.2) is 0 Å². The van der Waals surface area contributed by atoms with Gasteiger partial charge in [0, 0.05) is 42.8 Å². The Morgan fingerprint density at radius 1 is 1.36 bits per heavy atom. The maximum atomic E-state index is 13.0. The number of thiocarbonyl (C=S) groups is 1. The summed E-state index contributed by atoms with van der Waals surface area (Å²) in [6.45, 7) is 6.10. The number of nitrogens with one attached hydrogen (secondary N) is 1. The van der Waals surface area contributed by atoms with Crippen LogP contribution >= 0.6 is 12.2 Å². The summed E-state index contributed by atoms with van der Waals surface area (Å²) >= 11 is 5.66. The molecular formula is C19H23N3O2S. The number of ether oxygens (including phenoxy) is 1. The van der Waals surface area contributed by atoms with Gasteiger partial charge in [-0.15, -0.1) is 0 Å². The molecule has 25 heavy (non-hydrogen) atoms. The molecule has 1 saturated heterocycles. The lowest BCUT2D eigenvalue weighted by atomic mass is 9.93. The third-order valence-corrected chi connectivity index (χ3v) is 5.72. The van der Waals surface area contributed by atoms with Gasteiger partial charge in [-0.3, -0.25) is 9.69 Å². The second-order valence-corrected chi connectivity index (χ2v) is 7.05. The minimum absolute atomic E-state index is 0.0782. The van der Waals surface area contributed by atoms with E-state index >= 15 is 0 Å². The summed E-state index contributed by atoms with van der Waals surface area (Å²) in [6.07, 6.45) is 1.52. The largest absolute Gasteiger partial charge is 0.382 e. The highest BCUT2D eigenvalue weighted by Gasteiger charge is 2.48. The molecule has 0 bridgehead atoms. The van der Waals surface area contributed by atoms with Crippen molar-refractivity contribution in [3.8, 4) is 0 Å². The first kappa shape index (κ1) is 16.5. The predicted octanol–water partition coefficient (Wildman–Crippen LogP) is 3.01. The number of rotatable bonds is 5. The number of aromatic amines is 1. The zero-order valence-corrected chi connectivity index (χ0v) is 15.4. The van der Waals surface area contributed by atoms with Gasteiger partial charge >= 0.3 is 0 Å². The molecule has 2 aromatic rings. The molecule has 1 fully saturated rings. The predicted molar refractivity (Wildman–Crippen MR) is 101 cm³/mol. The highest BCUT2D eigenvalue weighted by Crippen LogP contribution is 2.40. The van der Waals surface area contributed by atoms with E-state index in [1.807, 2.05) is 13.0 Å². The average Bonchev–Trinajstić information content (AvgIpc) is 3.10. The Morgan fingerprint density at radius 2 is 2.16 bits per heavy atom. The van der Waals surface area contributed by atoms with Crippen LogP contribution in [0.25, 0.3) is 10.9 Å². The van der Waals surface area contributed by atoms with Gasteiger partial charge in [-0.05, 0) is 44.1 Å². The molecule has 3 heterocycles. The fourth-order valence-electron chi connectivity index (χ4n) is 4.09. The standard InChI is InChI=1S/C19H23N3O2S/c1-3-24-10-6-9-21-18(23)16-11-14-13-7-4-5-8-15(13)20-17(14)12(2)22(16)19(21)25/h4-5,7-8,12,16,20H,3,6,9-11H2,1-2H3. The van der Waals surface area contributed by atoms with Gasteiger partial charge in [-0.1, -0.05) is 18.2 Å². The van der Waals surface area contributed by atoms with Crippen molar-refractivity contribution in [2.75, 3.05) is 19.8 Å². The molecular weight excluding hydrogens is 334 g/mol. The summed E-state index contributed by atoms with van der Waals surface area (Å²) in [7, 11) is 0. The van der Waals surface area contributed by atoms with Crippen molar-refractivity contribution >= 4 is 34.1 Å². The maximum absolute atomic E-state index is 13.0. The average molecular weight is 357 g/mol. The first-order valence-electron chi connectivity index (χ1n) is 8.94. The molecule has 0 saturated carbocycles. The Morgan fingerprint density at radius 3 is 2.96 bits per heavy atom. The maximum Gasteiger partial charge on any atom is 0.251 e. The van der Waals surface area contributed by atoms with Gasteiger partial charge in [0.05, 0.1) is 6.04 Å². The number of hydrogen-bond donors (Lipinski definition) is 1. The monoisotopic (exact) mass is 357 g/mol. The van der Waals surface area contributed by atoms with Crippen LogP contribution in [0.4, 0.5) is 0 Å². The number of amides is 1. The molecule has 1 N–H and O–H groups in total. The van der Waals surface area contributed by atoms with E-state index in [4.69, 9.17) is 17.0 Å². The van der Waals surface area contributed by atoms with Crippen LogP contribution in [0.5, 0.6) is 0 Å². The number of aromatic nitrogens is 1. The number of carbonyl (C=O) groups is 1. The van der Waals surface area contributed by atoms with E-state index in [9.17, 15) is 4.79 Å². The summed E-state index contributed by atoms with van der Waals surface area (Å²) in [5.74, 6) is 0.129. The van der Waals surface area contributed by atoms with Crippen LogP contribution in [-0.2, 0) is 16.0 Å². The van der Waals surface area contributed by atoms with Crippen LogP contribution in [0.2, 0.25) is 0 Å². The molecule has 1 aromatic heterocycles. The van der Waals surface area contributed by atoms with Gasteiger partial charge in [0.2, 0.25) is 0 Å². The highest BCUT2D eigenvalue weighted by molar-refractivity contribution is 7.80. The first-order valence-corrected chi connectivity index (χ1v) is 9.35. The van der Waals surface area contributed by atoms with Crippen molar-refractivity contribution in [2.45, 2.75) is 38.8 Å². The number of carbonyl (C=O) groups excluding carboxylic acids is 1.